The van der Waals surface area contributed by atoms with Crippen LogP contribution < -0.4 is 5.32 Å². The van der Waals surface area contributed by atoms with E-state index in [-0.39, 0.29) is 18.4 Å². The molecule has 1 rings (SSSR count). The molecule has 0 aliphatic carbocycles. The molecule has 1 aromatic carbocycles. The van der Waals surface area contributed by atoms with Gasteiger partial charge in [-0.05, 0) is 23.6 Å². The van der Waals surface area contributed by atoms with Crippen molar-refractivity contribution in [1.29, 1.82) is 0 Å². The van der Waals surface area contributed by atoms with Gasteiger partial charge in [-0.15, -0.1) is 11.6 Å². The van der Waals surface area contributed by atoms with Crippen molar-refractivity contribution in [2.45, 2.75) is 12.8 Å². The van der Waals surface area contributed by atoms with Crippen molar-refractivity contribution >= 4 is 17.5 Å². The molecule has 0 saturated heterocycles. The number of amides is 1. The lowest BCUT2D eigenvalue weighted by molar-refractivity contribution is 0.0942. The maximum atomic E-state index is 11.7. The molecule has 1 aromatic rings. The molecule has 1 amide bonds. The van der Waals surface area contributed by atoms with E-state index in [1.807, 2.05) is 19.1 Å². The first-order chi connectivity index (χ1) is 7.67. The lowest BCUT2D eigenvalue weighted by Gasteiger charge is -2.09. The Labute approximate surface area is 100 Å². The molecule has 16 heavy (non-hydrogen) atoms. The van der Waals surface area contributed by atoms with Crippen molar-refractivity contribution in [2.75, 3.05) is 13.2 Å². The Bertz CT molecular complexity index is 355. The van der Waals surface area contributed by atoms with E-state index in [0.717, 1.165) is 5.56 Å². The highest BCUT2D eigenvalue weighted by molar-refractivity contribution is 6.17. The summed E-state index contributed by atoms with van der Waals surface area (Å²) < 4.78 is 0. The highest BCUT2D eigenvalue weighted by Crippen LogP contribution is 2.07. The number of alkyl halides is 1. The maximum Gasteiger partial charge on any atom is 0.251 e. The second-order valence-electron chi connectivity index (χ2n) is 3.83. The standard InChI is InChI=1S/C12H16ClNO2/c1-9(8-15)7-14-12(16)11-4-2-3-10(5-11)6-13/h2-5,9,15H,6-8H2,1H3,(H,14,16). The monoisotopic (exact) mass is 241 g/mol. The zero-order valence-corrected chi connectivity index (χ0v) is 10.00. The molecule has 2 N–H and O–H groups in total. The summed E-state index contributed by atoms with van der Waals surface area (Å²) >= 11 is 5.69. The summed E-state index contributed by atoms with van der Waals surface area (Å²) in [6, 6.07) is 7.20. The summed E-state index contributed by atoms with van der Waals surface area (Å²) in [5, 5.41) is 11.6. The first kappa shape index (κ1) is 13.0. The topological polar surface area (TPSA) is 49.3 Å². The van der Waals surface area contributed by atoms with Crippen molar-refractivity contribution in [3.8, 4) is 0 Å². The second kappa shape index (κ2) is 6.51. The highest BCUT2D eigenvalue weighted by atomic mass is 35.5. The number of halogens is 1. The van der Waals surface area contributed by atoms with Gasteiger partial charge in [0.15, 0.2) is 0 Å². The van der Waals surface area contributed by atoms with E-state index >= 15 is 0 Å². The zero-order chi connectivity index (χ0) is 12.0. The Morgan fingerprint density at radius 1 is 1.56 bits per heavy atom. The van der Waals surface area contributed by atoms with Gasteiger partial charge in [0.25, 0.3) is 5.91 Å². The molecule has 0 aliphatic rings. The van der Waals surface area contributed by atoms with E-state index in [1.54, 1.807) is 12.1 Å². The van der Waals surface area contributed by atoms with Gasteiger partial charge in [0.05, 0.1) is 0 Å². The molecule has 0 spiro atoms. The zero-order valence-electron chi connectivity index (χ0n) is 9.24. The Morgan fingerprint density at radius 2 is 2.31 bits per heavy atom. The van der Waals surface area contributed by atoms with E-state index in [9.17, 15) is 4.79 Å². The van der Waals surface area contributed by atoms with Crippen LogP contribution in [0, 0.1) is 5.92 Å². The van der Waals surface area contributed by atoms with Crippen molar-refractivity contribution < 1.29 is 9.90 Å². The number of carbonyl (C=O) groups is 1. The van der Waals surface area contributed by atoms with Crippen molar-refractivity contribution in [2.24, 2.45) is 5.92 Å². The molecule has 0 aromatic heterocycles. The second-order valence-corrected chi connectivity index (χ2v) is 4.10. The number of hydrogen-bond acceptors (Lipinski definition) is 2. The van der Waals surface area contributed by atoms with Crippen LogP contribution in [0.5, 0.6) is 0 Å². The molecule has 3 nitrogen and oxygen atoms in total. The van der Waals surface area contributed by atoms with Crippen molar-refractivity contribution in [3.63, 3.8) is 0 Å². The van der Waals surface area contributed by atoms with E-state index < -0.39 is 0 Å². The molecule has 1 unspecified atom stereocenters. The number of carbonyl (C=O) groups excluding carboxylic acids is 1. The normalized spacial score (nSPS) is 12.2. The minimum atomic E-state index is -0.132. The quantitative estimate of drug-likeness (QED) is 0.773. The van der Waals surface area contributed by atoms with Gasteiger partial charge in [-0.3, -0.25) is 4.79 Å². The Balaban J connectivity index is 2.58. The van der Waals surface area contributed by atoms with Crippen LogP contribution in [0.25, 0.3) is 0 Å². The van der Waals surface area contributed by atoms with E-state index in [1.165, 1.54) is 0 Å². The Hall–Kier alpha value is -1.06. The van der Waals surface area contributed by atoms with Crippen molar-refractivity contribution in [3.05, 3.63) is 35.4 Å². The molecule has 0 aliphatic heterocycles. The first-order valence-electron chi connectivity index (χ1n) is 5.21. The molecule has 0 fully saturated rings. The van der Waals surface area contributed by atoms with Crippen LogP contribution in [0.15, 0.2) is 24.3 Å². The number of benzene rings is 1. The summed E-state index contributed by atoms with van der Waals surface area (Å²) in [6.45, 7) is 2.41. The van der Waals surface area contributed by atoms with Gasteiger partial charge in [0.2, 0.25) is 0 Å². The summed E-state index contributed by atoms with van der Waals surface area (Å²) in [4.78, 5) is 11.7. The smallest absolute Gasteiger partial charge is 0.251 e. The number of nitrogens with one attached hydrogen (secondary N) is 1. The SMILES string of the molecule is CC(CO)CNC(=O)c1cccc(CCl)c1. The van der Waals surface area contributed by atoms with Crippen LogP contribution in [-0.2, 0) is 5.88 Å². The lowest BCUT2D eigenvalue weighted by Crippen LogP contribution is -2.29. The third kappa shape index (κ3) is 3.83. The molecule has 0 bridgehead atoms. The van der Waals surface area contributed by atoms with Gasteiger partial charge in [-0.25, -0.2) is 0 Å². The van der Waals surface area contributed by atoms with Gasteiger partial charge in [-0.2, -0.15) is 0 Å². The van der Waals surface area contributed by atoms with E-state index in [0.29, 0.717) is 18.0 Å². The predicted octanol–water partition coefficient (Wildman–Crippen LogP) is 1.78. The fourth-order valence-electron chi connectivity index (χ4n) is 1.23. The fraction of sp³-hybridized carbons (Fsp3) is 0.417. The minimum Gasteiger partial charge on any atom is -0.396 e. The van der Waals surface area contributed by atoms with E-state index in [4.69, 9.17) is 16.7 Å². The Morgan fingerprint density at radius 3 is 2.94 bits per heavy atom. The van der Waals surface area contributed by atoms with Crippen LogP contribution in [0.1, 0.15) is 22.8 Å². The highest BCUT2D eigenvalue weighted by Gasteiger charge is 2.07. The molecule has 0 heterocycles. The number of hydrogen-bond donors (Lipinski definition) is 2. The molecule has 4 heteroatoms. The third-order valence-electron chi connectivity index (χ3n) is 2.27. The molecule has 0 saturated carbocycles. The molecule has 1 atom stereocenters. The number of aliphatic hydroxyl groups excluding tert-OH is 1. The average molecular weight is 242 g/mol. The van der Waals surface area contributed by atoms with Crippen molar-refractivity contribution in [1.82, 2.24) is 5.32 Å². The third-order valence-corrected chi connectivity index (χ3v) is 2.57. The molecule has 0 radical (unpaired) electrons. The Kier molecular flexibility index (Phi) is 5.29. The minimum absolute atomic E-state index is 0.0696. The van der Waals surface area contributed by atoms with Crippen LogP contribution >= 0.6 is 11.6 Å². The van der Waals surface area contributed by atoms with Gasteiger partial charge in [-0.1, -0.05) is 19.1 Å². The summed E-state index contributed by atoms with van der Waals surface area (Å²) in [7, 11) is 0. The van der Waals surface area contributed by atoms with Gasteiger partial charge in [0, 0.05) is 24.6 Å². The molecule has 88 valence electrons. The fourth-order valence-corrected chi connectivity index (χ4v) is 1.40. The molecular weight excluding hydrogens is 226 g/mol. The summed E-state index contributed by atoms with van der Waals surface area (Å²) in [6.07, 6.45) is 0. The van der Waals surface area contributed by atoms with Crippen LogP contribution in [0.4, 0.5) is 0 Å². The summed E-state index contributed by atoms with van der Waals surface area (Å²) in [5.41, 5.74) is 1.52. The maximum absolute atomic E-state index is 11.7. The summed E-state index contributed by atoms with van der Waals surface area (Å²) in [5.74, 6) is 0.334. The lowest BCUT2D eigenvalue weighted by atomic mass is 10.1. The van der Waals surface area contributed by atoms with Crippen LogP contribution in [-0.4, -0.2) is 24.2 Å². The number of aliphatic hydroxyl groups is 1. The van der Waals surface area contributed by atoms with Gasteiger partial charge >= 0.3 is 0 Å². The molecular formula is C12H16ClNO2. The van der Waals surface area contributed by atoms with Crippen LogP contribution in [0.3, 0.4) is 0 Å². The number of rotatable bonds is 5. The van der Waals surface area contributed by atoms with Gasteiger partial charge in [0.1, 0.15) is 0 Å². The average Bonchev–Trinajstić information content (AvgIpc) is 2.35. The largest absolute Gasteiger partial charge is 0.396 e. The van der Waals surface area contributed by atoms with E-state index in [2.05, 4.69) is 5.32 Å². The predicted molar refractivity (Wildman–Crippen MR) is 64.6 cm³/mol. The van der Waals surface area contributed by atoms with Crippen LogP contribution in [0.2, 0.25) is 0 Å². The first-order valence-corrected chi connectivity index (χ1v) is 5.74. The van der Waals surface area contributed by atoms with Gasteiger partial charge < -0.3 is 10.4 Å².